The normalized spacial score (nSPS) is 18.7. The van der Waals surface area contributed by atoms with E-state index in [4.69, 9.17) is 9.73 Å². The monoisotopic (exact) mass is 516 g/mol. The number of hydrogen-bond acceptors (Lipinski definition) is 6. The number of hydrogen-bond donors (Lipinski definition) is 1. The van der Waals surface area contributed by atoms with Crippen LogP contribution in [0.4, 0.5) is 0 Å². The number of amides is 2. The number of nitrogens with zero attached hydrogens (tertiary/aromatic N) is 3. The maximum atomic E-state index is 13.8. The van der Waals surface area contributed by atoms with Crippen molar-refractivity contribution >= 4 is 28.7 Å². The van der Waals surface area contributed by atoms with E-state index in [0.717, 1.165) is 35.0 Å². The molecule has 1 N–H and O–H groups in total. The first kappa shape index (κ1) is 25.1. The average molecular weight is 517 g/mol. The summed E-state index contributed by atoms with van der Waals surface area (Å²) in [6.07, 6.45) is 2.32. The van der Waals surface area contributed by atoms with Crippen LogP contribution < -0.4 is 10.1 Å². The number of allylic oxidation sites excluding steroid dienone is 1. The maximum Gasteiger partial charge on any atom is 0.254 e. The minimum atomic E-state index is -0.421. The van der Waals surface area contributed by atoms with Gasteiger partial charge in [-0.1, -0.05) is 42.1 Å². The first-order valence-electron chi connectivity index (χ1n) is 12.8. The van der Waals surface area contributed by atoms with Gasteiger partial charge in [0.2, 0.25) is 5.91 Å². The van der Waals surface area contributed by atoms with Gasteiger partial charge in [-0.05, 0) is 68.8 Å². The lowest BCUT2D eigenvalue weighted by Crippen LogP contribution is -2.42. The number of nitrogens with one attached hydrogen (secondary N) is 1. The van der Waals surface area contributed by atoms with E-state index < -0.39 is 6.04 Å². The summed E-state index contributed by atoms with van der Waals surface area (Å²) in [7, 11) is 0. The highest BCUT2D eigenvalue weighted by Crippen LogP contribution is 2.45. The fourth-order valence-corrected chi connectivity index (χ4v) is 5.65. The van der Waals surface area contributed by atoms with Crippen molar-refractivity contribution in [2.24, 2.45) is 4.99 Å². The lowest BCUT2D eigenvalue weighted by atomic mass is 9.92. The van der Waals surface area contributed by atoms with Gasteiger partial charge in [0.05, 0.1) is 23.7 Å². The second kappa shape index (κ2) is 10.8. The highest BCUT2D eigenvalue weighted by molar-refractivity contribution is 8.16. The van der Waals surface area contributed by atoms with Crippen LogP contribution in [0.1, 0.15) is 51.6 Å². The molecule has 0 bridgehead atoms. The third-order valence-electron chi connectivity index (χ3n) is 6.72. The molecule has 2 aliphatic heterocycles. The van der Waals surface area contributed by atoms with Crippen LogP contribution in [0.2, 0.25) is 0 Å². The molecule has 2 aromatic carbocycles. The molecule has 8 heteroatoms. The zero-order chi connectivity index (χ0) is 25.9. The van der Waals surface area contributed by atoms with E-state index in [9.17, 15) is 9.59 Å². The second-order valence-corrected chi connectivity index (χ2v) is 10.2. The minimum absolute atomic E-state index is 0.00148. The Bertz CT molecular complexity index is 1280. The highest BCUT2D eigenvalue weighted by Gasteiger charge is 2.41. The molecule has 3 aliphatic rings. The molecular weight excluding hydrogens is 484 g/mol. The number of fused-ring (bicyclic) bond motifs is 1. The zero-order valence-corrected chi connectivity index (χ0v) is 22.3. The van der Waals surface area contributed by atoms with Crippen LogP contribution in [0.25, 0.3) is 0 Å². The second-order valence-electron chi connectivity index (χ2n) is 9.38. The Hall–Kier alpha value is -3.52. The van der Waals surface area contributed by atoms with Gasteiger partial charge in [0.15, 0.2) is 5.17 Å². The van der Waals surface area contributed by atoms with Gasteiger partial charge >= 0.3 is 0 Å². The molecule has 0 unspecified atom stereocenters. The molecule has 1 saturated carbocycles. The average Bonchev–Trinajstić information content (AvgIpc) is 3.63. The third-order valence-corrected chi connectivity index (χ3v) is 7.61. The van der Waals surface area contributed by atoms with Crippen molar-refractivity contribution < 1.29 is 14.3 Å². The van der Waals surface area contributed by atoms with Crippen LogP contribution in [0.3, 0.4) is 0 Å². The number of amidine groups is 1. The number of rotatable bonds is 9. The molecule has 2 amide bonds. The molecule has 7 nitrogen and oxygen atoms in total. The first-order valence-corrected chi connectivity index (χ1v) is 13.7. The third kappa shape index (κ3) is 5.44. The van der Waals surface area contributed by atoms with Crippen LogP contribution in [0.15, 0.2) is 82.0 Å². The lowest BCUT2D eigenvalue weighted by molar-refractivity contribution is -0.127. The summed E-state index contributed by atoms with van der Waals surface area (Å²) in [6, 6.07) is 17.4. The van der Waals surface area contributed by atoms with Crippen LogP contribution in [0.5, 0.6) is 11.5 Å². The predicted octanol–water partition coefficient (Wildman–Crippen LogP) is 5.59. The molecule has 1 aliphatic carbocycles. The molecule has 5 rings (SSSR count). The van der Waals surface area contributed by atoms with Gasteiger partial charge in [-0.25, -0.2) is 4.99 Å². The first-order chi connectivity index (χ1) is 18.0. The Kier molecular flexibility index (Phi) is 7.37. The predicted molar refractivity (Wildman–Crippen MR) is 147 cm³/mol. The quantitative estimate of drug-likeness (QED) is 0.470. The Balaban J connectivity index is 1.53. The standard InChI is InChI=1S/C29H32N4O3S/c1-4-32(5-2)28(35)26-19(3)30-29-33(22(18-37-29)17-25(34)31-21-14-15-21)27(26)20-10-9-13-24(16-20)36-23-11-7-6-8-12-23/h6-13,16,18,21,27H,4-5,14-15,17H2,1-3H3,(H,31,34)/t27-/m0/s1. The Morgan fingerprint density at radius 3 is 2.51 bits per heavy atom. The largest absolute Gasteiger partial charge is 0.457 e. The summed E-state index contributed by atoms with van der Waals surface area (Å²) in [5.41, 5.74) is 3.08. The van der Waals surface area contributed by atoms with Gasteiger partial charge in [0, 0.05) is 24.8 Å². The molecule has 2 aromatic rings. The van der Waals surface area contributed by atoms with E-state index in [2.05, 4.69) is 10.2 Å². The lowest BCUT2D eigenvalue weighted by Gasteiger charge is -2.38. The number of carbonyl (C=O) groups excluding carboxylic acids is 2. The van der Waals surface area contributed by atoms with Crippen molar-refractivity contribution in [2.75, 3.05) is 13.1 Å². The summed E-state index contributed by atoms with van der Waals surface area (Å²) >= 11 is 1.50. The van der Waals surface area contributed by atoms with E-state index in [1.807, 2.05) is 85.7 Å². The molecule has 1 fully saturated rings. The number of para-hydroxylation sites is 1. The molecule has 0 radical (unpaired) electrons. The molecule has 192 valence electrons. The summed E-state index contributed by atoms with van der Waals surface area (Å²) in [6.45, 7) is 7.08. The summed E-state index contributed by atoms with van der Waals surface area (Å²) < 4.78 is 6.13. The van der Waals surface area contributed by atoms with Crippen molar-refractivity contribution in [3.8, 4) is 11.5 Å². The fourth-order valence-electron chi connectivity index (χ4n) is 4.68. The van der Waals surface area contributed by atoms with E-state index in [1.54, 1.807) is 0 Å². The number of thioether (sulfide) groups is 1. The molecule has 0 saturated heterocycles. The van der Waals surface area contributed by atoms with Gasteiger partial charge in [-0.2, -0.15) is 0 Å². The van der Waals surface area contributed by atoms with E-state index in [0.29, 0.717) is 36.2 Å². The van der Waals surface area contributed by atoms with E-state index in [-0.39, 0.29) is 18.2 Å². The topological polar surface area (TPSA) is 74.2 Å². The fraction of sp³-hybridized carbons (Fsp3) is 0.345. The van der Waals surface area contributed by atoms with Crippen molar-refractivity contribution in [3.05, 3.63) is 82.5 Å². The highest BCUT2D eigenvalue weighted by atomic mass is 32.2. The van der Waals surface area contributed by atoms with E-state index >= 15 is 0 Å². The van der Waals surface area contributed by atoms with Crippen molar-refractivity contribution in [1.29, 1.82) is 0 Å². The number of likely N-dealkylation sites (N-methyl/N-ethyl adjacent to an activating group) is 1. The van der Waals surface area contributed by atoms with Crippen molar-refractivity contribution in [3.63, 3.8) is 0 Å². The van der Waals surface area contributed by atoms with Crippen molar-refractivity contribution in [2.45, 2.75) is 52.1 Å². The van der Waals surface area contributed by atoms with Gasteiger partial charge in [0.25, 0.3) is 5.91 Å². The Morgan fingerprint density at radius 2 is 1.81 bits per heavy atom. The summed E-state index contributed by atoms with van der Waals surface area (Å²) in [4.78, 5) is 35.3. The minimum Gasteiger partial charge on any atom is -0.457 e. The summed E-state index contributed by atoms with van der Waals surface area (Å²) in [5, 5.41) is 5.85. The maximum absolute atomic E-state index is 13.8. The van der Waals surface area contributed by atoms with E-state index in [1.165, 1.54) is 11.8 Å². The molecule has 37 heavy (non-hydrogen) atoms. The van der Waals surface area contributed by atoms with Crippen LogP contribution in [-0.4, -0.2) is 45.9 Å². The van der Waals surface area contributed by atoms with Crippen LogP contribution in [0, 0.1) is 0 Å². The number of benzene rings is 2. The summed E-state index contributed by atoms with van der Waals surface area (Å²) in [5.74, 6) is 1.39. The molecule has 1 atom stereocenters. The van der Waals surface area contributed by atoms with Gasteiger partial charge in [-0.15, -0.1) is 0 Å². The SMILES string of the molecule is CCN(CC)C(=O)C1=C(C)N=C2SC=C(CC(=O)NC3CC3)N2[C@H]1c1cccc(Oc2ccccc2)c1. The number of ether oxygens (including phenoxy) is 1. The smallest absolute Gasteiger partial charge is 0.254 e. The Labute approximate surface area is 222 Å². The van der Waals surface area contributed by atoms with Gasteiger partial charge in [0.1, 0.15) is 11.5 Å². The van der Waals surface area contributed by atoms with Crippen LogP contribution >= 0.6 is 11.8 Å². The van der Waals surface area contributed by atoms with Crippen molar-refractivity contribution in [1.82, 2.24) is 15.1 Å². The molecular formula is C29H32N4O3S. The number of aliphatic imine (C=N–C) groups is 1. The van der Waals surface area contributed by atoms with Gasteiger partial charge < -0.3 is 19.9 Å². The molecule has 0 spiro atoms. The van der Waals surface area contributed by atoms with Gasteiger partial charge in [-0.3, -0.25) is 9.59 Å². The molecule has 0 aromatic heterocycles. The Morgan fingerprint density at radius 1 is 1.08 bits per heavy atom. The molecule has 2 heterocycles. The van der Waals surface area contributed by atoms with Crippen LogP contribution in [-0.2, 0) is 9.59 Å². The zero-order valence-electron chi connectivity index (χ0n) is 21.4. The number of carbonyl (C=O) groups is 2.